The molecule has 0 aliphatic carbocycles. The van der Waals surface area contributed by atoms with Crippen molar-refractivity contribution in [1.82, 2.24) is 5.32 Å². The van der Waals surface area contributed by atoms with Gasteiger partial charge in [-0.2, -0.15) is 0 Å². The second-order valence-electron chi connectivity index (χ2n) is 6.14. The fraction of sp³-hybridized carbons (Fsp3) is 0. The summed E-state index contributed by atoms with van der Waals surface area (Å²) in [4.78, 5) is 26.6. The number of nitrogens with zero attached hydrogens (tertiary/aromatic N) is 1. The second-order valence-corrected chi connectivity index (χ2v) is 7.88. The third-order valence-electron chi connectivity index (χ3n) is 4.23. The van der Waals surface area contributed by atoms with Gasteiger partial charge in [0.2, 0.25) is 0 Å². The summed E-state index contributed by atoms with van der Waals surface area (Å²) in [5.74, 6) is -0.113. The number of carbonyl (C=O) groups is 2. The predicted octanol–water partition coefficient (Wildman–Crippen LogP) is 5.19. The molecule has 1 aromatic heterocycles. The van der Waals surface area contributed by atoms with Gasteiger partial charge in [0.15, 0.2) is 5.11 Å². The van der Waals surface area contributed by atoms with Gasteiger partial charge in [-0.05, 0) is 66.8 Å². The van der Waals surface area contributed by atoms with E-state index in [4.69, 9.17) is 28.2 Å². The molecular weight excluding hydrogens is 476 g/mol. The molecule has 0 saturated carbocycles. The fourth-order valence-corrected chi connectivity index (χ4v) is 3.50. The Hall–Kier alpha value is -2.74. The Morgan fingerprint density at radius 1 is 1.00 bits per heavy atom. The van der Waals surface area contributed by atoms with Gasteiger partial charge in [-0.15, -0.1) is 0 Å². The van der Waals surface area contributed by atoms with Crippen molar-refractivity contribution in [3.8, 4) is 11.3 Å². The molecule has 8 heteroatoms. The first-order valence-corrected chi connectivity index (χ1v) is 10.0. The van der Waals surface area contributed by atoms with Crippen LogP contribution in [0.4, 0.5) is 5.69 Å². The number of benzene rings is 2. The zero-order chi connectivity index (χ0) is 20.5. The van der Waals surface area contributed by atoms with Crippen LogP contribution in [0, 0.1) is 0 Å². The minimum Gasteiger partial charge on any atom is -0.457 e. The maximum atomic E-state index is 13.0. The highest BCUT2D eigenvalue weighted by molar-refractivity contribution is 9.10. The van der Waals surface area contributed by atoms with E-state index in [9.17, 15) is 9.59 Å². The molecule has 1 fully saturated rings. The van der Waals surface area contributed by atoms with Crippen molar-refractivity contribution in [3.63, 3.8) is 0 Å². The van der Waals surface area contributed by atoms with Crippen molar-refractivity contribution in [2.45, 2.75) is 0 Å². The lowest BCUT2D eigenvalue weighted by molar-refractivity contribution is -0.122. The SMILES string of the molecule is O=C1NC(=S)N(c2ccc(Cl)cc2)C(=O)/C1=C\c1ccc(-c2ccc(Br)cc2)o1. The van der Waals surface area contributed by atoms with Crippen molar-refractivity contribution < 1.29 is 14.0 Å². The fourth-order valence-electron chi connectivity index (χ4n) is 2.82. The molecule has 2 aromatic carbocycles. The van der Waals surface area contributed by atoms with Crippen molar-refractivity contribution in [1.29, 1.82) is 0 Å². The molecule has 29 heavy (non-hydrogen) atoms. The summed E-state index contributed by atoms with van der Waals surface area (Å²) < 4.78 is 6.76. The Bertz CT molecular complexity index is 1150. The molecule has 144 valence electrons. The largest absolute Gasteiger partial charge is 0.457 e. The molecule has 2 heterocycles. The molecule has 0 atom stereocenters. The summed E-state index contributed by atoms with van der Waals surface area (Å²) in [5.41, 5.74) is 1.30. The third-order valence-corrected chi connectivity index (χ3v) is 5.29. The number of thiocarbonyl (C=S) groups is 1. The van der Waals surface area contributed by atoms with Crippen LogP contribution in [-0.2, 0) is 9.59 Å². The summed E-state index contributed by atoms with van der Waals surface area (Å²) in [6.45, 7) is 0. The average Bonchev–Trinajstić information content (AvgIpc) is 3.16. The lowest BCUT2D eigenvalue weighted by Crippen LogP contribution is -2.54. The van der Waals surface area contributed by atoms with E-state index >= 15 is 0 Å². The van der Waals surface area contributed by atoms with Crippen LogP contribution >= 0.6 is 39.7 Å². The first kappa shape index (κ1) is 19.6. The molecule has 1 aliphatic heterocycles. The van der Waals surface area contributed by atoms with Gasteiger partial charge in [0.05, 0.1) is 5.69 Å². The molecule has 1 N–H and O–H groups in total. The highest BCUT2D eigenvalue weighted by Crippen LogP contribution is 2.27. The minimum absolute atomic E-state index is 0.00877. The molecule has 0 bridgehead atoms. The van der Waals surface area contributed by atoms with E-state index < -0.39 is 11.8 Å². The maximum Gasteiger partial charge on any atom is 0.270 e. The average molecular weight is 488 g/mol. The van der Waals surface area contributed by atoms with E-state index in [1.165, 1.54) is 11.0 Å². The Morgan fingerprint density at radius 3 is 2.38 bits per heavy atom. The van der Waals surface area contributed by atoms with Crippen LogP contribution < -0.4 is 10.2 Å². The molecule has 4 rings (SSSR count). The van der Waals surface area contributed by atoms with E-state index in [0.29, 0.717) is 22.2 Å². The first-order valence-electron chi connectivity index (χ1n) is 8.45. The number of carbonyl (C=O) groups excluding carboxylic acids is 2. The lowest BCUT2D eigenvalue weighted by atomic mass is 10.1. The molecule has 0 radical (unpaired) electrons. The number of hydrogen-bond acceptors (Lipinski definition) is 4. The quantitative estimate of drug-likeness (QED) is 0.314. The number of amides is 2. The van der Waals surface area contributed by atoms with Gasteiger partial charge < -0.3 is 4.42 Å². The van der Waals surface area contributed by atoms with Crippen LogP contribution in [0.3, 0.4) is 0 Å². The van der Waals surface area contributed by atoms with Gasteiger partial charge in [0.25, 0.3) is 11.8 Å². The summed E-state index contributed by atoms with van der Waals surface area (Å²) in [6.07, 6.45) is 1.41. The third kappa shape index (κ3) is 4.03. The topological polar surface area (TPSA) is 62.6 Å². The number of nitrogens with one attached hydrogen (secondary N) is 1. The lowest BCUT2D eigenvalue weighted by Gasteiger charge is -2.28. The minimum atomic E-state index is -0.577. The van der Waals surface area contributed by atoms with Crippen molar-refractivity contribution in [2.75, 3.05) is 4.90 Å². The highest BCUT2D eigenvalue weighted by Gasteiger charge is 2.34. The van der Waals surface area contributed by atoms with E-state index in [-0.39, 0.29) is 10.7 Å². The molecule has 0 unspecified atom stereocenters. The number of anilines is 1. The molecular formula is C21H12BrClN2O3S. The molecule has 3 aromatic rings. The number of rotatable bonds is 3. The zero-order valence-electron chi connectivity index (χ0n) is 14.7. The van der Waals surface area contributed by atoms with Crippen molar-refractivity contribution in [3.05, 3.63) is 81.5 Å². The standard InChI is InChI=1S/C21H12BrClN2O3S/c22-13-3-1-12(2-4-13)18-10-9-16(28-18)11-17-19(26)24-21(29)25(20(17)27)15-7-5-14(23)6-8-15/h1-11H,(H,24,26,29)/b17-11-. The van der Waals surface area contributed by atoms with Crippen LogP contribution in [0.1, 0.15) is 5.76 Å². The van der Waals surface area contributed by atoms with Crippen LogP contribution in [-0.4, -0.2) is 16.9 Å². The number of halogens is 2. The summed E-state index contributed by atoms with van der Waals surface area (Å²) >= 11 is 14.5. The molecule has 5 nitrogen and oxygen atoms in total. The van der Waals surface area contributed by atoms with Gasteiger partial charge >= 0.3 is 0 Å². The van der Waals surface area contributed by atoms with E-state index in [1.54, 1.807) is 36.4 Å². The zero-order valence-corrected chi connectivity index (χ0v) is 17.8. The highest BCUT2D eigenvalue weighted by atomic mass is 79.9. The van der Waals surface area contributed by atoms with Gasteiger partial charge in [-0.25, -0.2) is 0 Å². The second kappa shape index (κ2) is 7.94. The van der Waals surface area contributed by atoms with E-state index in [1.807, 2.05) is 24.3 Å². The van der Waals surface area contributed by atoms with Crippen LogP contribution in [0.25, 0.3) is 17.4 Å². The molecule has 0 spiro atoms. The maximum absolute atomic E-state index is 13.0. The molecule has 2 amide bonds. The number of hydrogen-bond donors (Lipinski definition) is 1. The van der Waals surface area contributed by atoms with Gasteiger partial charge in [0, 0.05) is 15.1 Å². The Labute approximate surface area is 185 Å². The summed E-state index contributed by atoms with van der Waals surface area (Å²) in [5, 5.41) is 3.07. The Balaban J connectivity index is 1.66. The smallest absolute Gasteiger partial charge is 0.270 e. The van der Waals surface area contributed by atoms with Crippen molar-refractivity contribution >= 4 is 68.4 Å². The van der Waals surface area contributed by atoms with Gasteiger partial charge in [-0.1, -0.05) is 39.7 Å². The Morgan fingerprint density at radius 2 is 1.69 bits per heavy atom. The van der Waals surface area contributed by atoms with Crippen LogP contribution in [0.15, 0.2) is 75.1 Å². The summed E-state index contributed by atoms with van der Waals surface area (Å²) in [7, 11) is 0. The number of furan rings is 1. The summed E-state index contributed by atoms with van der Waals surface area (Å²) in [6, 6.07) is 17.7. The molecule has 1 saturated heterocycles. The van der Waals surface area contributed by atoms with Crippen LogP contribution in [0.2, 0.25) is 5.02 Å². The van der Waals surface area contributed by atoms with E-state index in [0.717, 1.165) is 10.0 Å². The van der Waals surface area contributed by atoms with Crippen LogP contribution in [0.5, 0.6) is 0 Å². The first-order chi connectivity index (χ1) is 13.9. The Kier molecular flexibility index (Phi) is 5.36. The predicted molar refractivity (Wildman–Crippen MR) is 119 cm³/mol. The van der Waals surface area contributed by atoms with Gasteiger partial charge in [-0.3, -0.25) is 19.8 Å². The van der Waals surface area contributed by atoms with Crippen molar-refractivity contribution in [2.24, 2.45) is 0 Å². The monoisotopic (exact) mass is 486 g/mol. The van der Waals surface area contributed by atoms with Gasteiger partial charge in [0.1, 0.15) is 17.1 Å². The molecule has 1 aliphatic rings. The normalized spacial score (nSPS) is 15.7. The van der Waals surface area contributed by atoms with E-state index in [2.05, 4.69) is 21.2 Å².